The van der Waals surface area contributed by atoms with Crippen LogP contribution in [0.1, 0.15) is 16.7 Å². The predicted molar refractivity (Wildman–Crippen MR) is 58.7 cm³/mol. The fraction of sp³-hybridized carbons (Fsp3) is 0.167. The standard InChI is InChI=1S/C12H9ClO2/c1-7-2-3-8-6-11(14)10(12(13)15)5-9(8)4-7/h2-5H,6H2,1H3. The molecule has 0 aromatic heterocycles. The summed E-state index contributed by atoms with van der Waals surface area (Å²) in [5.74, 6) is -0.202. The number of benzene rings is 1. The molecule has 2 rings (SSSR count). The lowest BCUT2D eigenvalue weighted by atomic mass is 9.91. The average molecular weight is 221 g/mol. The van der Waals surface area contributed by atoms with Crippen molar-refractivity contribution in [2.45, 2.75) is 13.3 Å². The molecule has 1 aromatic rings. The Morgan fingerprint density at radius 1 is 1.40 bits per heavy atom. The highest BCUT2D eigenvalue weighted by atomic mass is 35.5. The number of halogens is 1. The molecule has 0 radical (unpaired) electrons. The molecule has 0 saturated heterocycles. The second-order valence-electron chi connectivity index (χ2n) is 3.63. The number of rotatable bonds is 1. The van der Waals surface area contributed by atoms with E-state index in [1.54, 1.807) is 6.08 Å². The highest BCUT2D eigenvalue weighted by Gasteiger charge is 2.22. The predicted octanol–water partition coefficient (Wildman–Crippen LogP) is 2.27. The maximum Gasteiger partial charge on any atom is 0.256 e. The van der Waals surface area contributed by atoms with Crippen molar-refractivity contribution in [2.24, 2.45) is 0 Å². The normalized spacial score (nSPS) is 14.5. The van der Waals surface area contributed by atoms with E-state index in [0.29, 0.717) is 0 Å². The van der Waals surface area contributed by atoms with Gasteiger partial charge in [0.15, 0.2) is 5.78 Å². The van der Waals surface area contributed by atoms with Crippen LogP contribution in [0.2, 0.25) is 0 Å². The molecule has 0 aliphatic heterocycles. The van der Waals surface area contributed by atoms with Crippen LogP contribution < -0.4 is 0 Å². The SMILES string of the molecule is Cc1ccc2c(c1)C=C(C(=O)Cl)C(=O)C2. The summed E-state index contributed by atoms with van der Waals surface area (Å²) >= 11 is 5.33. The second kappa shape index (κ2) is 3.63. The van der Waals surface area contributed by atoms with Gasteiger partial charge >= 0.3 is 0 Å². The molecular formula is C12H9ClO2. The molecule has 1 aliphatic rings. The summed E-state index contributed by atoms with van der Waals surface area (Å²) in [6, 6.07) is 5.81. The summed E-state index contributed by atoms with van der Waals surface area (Å²) in [5, 5.41) is -0.674. The Bertz CT molecular complexity index is 486. The van der Waals surface area contributed by atoms with Crippen LogP contribution >= 0.6 is 11.6 Å². The van der Waals surface area contributed by atoms with Crippen molar-refractivity contribution in [3.8, 4) is 0 Å². The van der Waals surface area contributed by atoms with Gasteiger partial charge in [-0.05, 0) is 35.7 Å². The van der Waals surface area contributed by atoms with E-state index in [1.165, 1.54) is 0 Å². The number of allylic oxidation sites excluding steroid dienone is 1. The number of carbonyl (C=O) groups is 2. The lowest BCUT2D eigenvalue weighted by Crippen LogP contribution is -2.16. The summed E-state index contributed by atoms with van der Waals surface area (Å²) in [7, 11) is 0. The van der Waals surface area contributed by atoms with Crippen molar-refractivity contribution in [2.75, 3.05) is 0 Å². The monoisotopic (exact) mass is 220 g/mol. The van der Waals surface area contributed by atoms with Gasteiger partial charge in [0.25, 0.3) is 5.24 Å². The van der Waals surface area contributed by atoms with Gasteiger partial charge in [-0.3, -0.25) is 9.59 Å². The van der Waals surface area contributed by atoms with Crippen LogP contribution in [-0.4, -0.2) is 11.0 Å². The Balaban J connectivity index is 2.56. The molecule has 0 unspecified atom stereocenters. The van der Waals surface area contributed by atoms with Crippen LogP contribution in [0.4, 0.5) is 0 Å². The summed E-state index contributed by atoms with van der Waals surface area (Å²) < 4.78 is 0. The maximum atomic E-state index is 11.5. The Hall–Kier alpha value is -1.41. The van der Waals surface area contributed by atoms with E-state index >= 15 is 0 Å². The highest BCUT2D eigenvalue weighted by molar-refractivity contribution is 6.71. The van der Waals surface area contributed by atoms with Crippen LogP contribution in [0, 0.1) is 6.92 Å². The first-order valence-electron chi connectivity index (χ1n) is 4.62. The van der Waals surface area contributed by atoms with E-state index in [2.05, 4.69) is 0 Å². The van der Waals surface area contributed by atoms with Gasteiger partial charge in [-0.1, -0.05) is 23.8 Å². The van der Waals surface area contributed by atoms with E-state index in [0.717, 1.165) is 16.7 Å². The topological polar surface area (TPSA) is 34.1 Å². The van der Waals surface area contributed by atoms with Crippen LogP contribution in [0.15, 0.2) is 23.8 Å². The molecule has 2 nitrogen and oxygen atoms in total. The fourth-order valence-electron chi connectivity index (χ4n) is 1.68. The minimum atomic E-state index is -0.674. The van der Waals surface area contributed by atoms with Gasteiger partial charge in [0.05, 0.1) is 5.57 Å². The Morgan fingerprint density at radius 2 is 2.13 bits per heavy atom. The van der Waals surface area contributed by atoms with Gasteiger partial charge < -0.3 is 0 Å². The third kappa shape index (κ3) is 1.85. The van der Waals surface area contributed by atoms with Crippen molar-refractivity contribution in [1.29, 1.82) is 0 Å². The lowest BCUT2D eigenvalue weighted by Gasteiger charge is -2.13. The number of aryl methyl sites for hydroxylation is 1. The first kappa shape index (κ1) is 10.1. The van der Waals surface area contributed by atoms with Crippen molar-refractivity contribution < 1.29 is 9.59 Å². The van der Waals surface area contributed by atoms with Gasteiger partial charge in [-0.2, -0.15) is 0 Å². The smallest absolute Gasteiger partial charge is 0.256 e. The Kier molecular flexibility index (Phi) is 2.45. The Morgan fingerprint density at radius 3 is 2.80 bits per heavy atom. The summed E-state index contributed by atoms with van der Waals surface area (Å²) in [5.41, 5.74) is 3.06. The number of fused-ring (bicyclic) bond motifs is 1. The van der Waals surface area contributed by atoms with Crippen LogP contribution in [0.3, 0.4) is 0 Å². The molecule has 0 N–H and O–H groups in total. The van der Waals surface area contributed by atoms with Gasteiger partial charge in [0.2, 0.25) is 0 Å². The summed E-state index contributed by atoms with van der Waals surface area (Å²) in [6.07, 6.45) is 1.84. The van der Waals surface area contributed by atoms with Crippen LogP contribution in [0.25, 0.3) is 6.08 Å². The molecule has 76 valence electrons. The first-order chi connectivity index (χ1) is 7.08. The number of hydrogen-bond donors (Lipinski definition) is 0. The van der Waals surface area contributed by atoms with Gasteiger partial charge in [-0.15, -0.1) is 0 Å². The van der Waals surface area contributed by atoms with E-state index in [4.69, 9.17) is 11.6 Å². The van der Waals surface area contributed by atoms with Gasteiger partial charge in [0.1, 0.15) is 0 Å². The first-order valence-corrected chi connectivity index (χ1v) is 5.00. The van der Waals surface area contributed by atoms with E-state index in [-0.39, 0.29) is 17.8 Å². The minimum Gasteiger partial charge on any atom is -0.294 e. The number of ketones is 1. The van der Waals surface area contributed by atoms with Crippen molar-refractivity contribution in [3.63, 3.8) is 0 Å². The summed E-state index contributed by atoms with van der Waals surface area (Å²) in [4.78, 5) is 22.5. The third-order valence-electron chi connectivity index (χ3n) is 2.46. The van der Waals surface area contributed by atoms with Crippen molar-refractivity contribution >= 4 is 28.7 Å². The van der Waals surface area contributed by atoms with E-state index in [9.17, 15) is 9.59 Å². The molecule has 0 bridgehead atoms. The number of Topliss-reactive ketones (excluding diaryl/α,β-unsaturated/α-hetero) is 1. The molecule has 0 spiro atoms. The molecule has 0 saturated carbocycles. The summed E-state index contributed by atoms with van der Waals surface area (Å²) in [6.45, 7) is 1.97. The molecule has 3 heteroatoms. The number of hydrogen-bond acceptors (Lipinski definition) is 2. The lowest BCUT2D eigenvalue weighted by molar-refractivity contribution is -0.118. The zero-order valence-electron chi connectivity index (χ0n) is 8.21. The van der Waals surface area contributed by atoms with E-state index in [1.807, 2.05) is 25.1 Å². The van der Waals surface area contributed by atoms with Crippen molar-refractivity contribution in [1.82, 2.24) is 0 Å². The second-order valence-corrected chi connectivity index (χ2v) is 3.98. The molecular weight excluding hydrogens is 212 g/mol. The van der Waals surface area contributed by atoms with E-state index < -0.39 is 5.24 Å². The molecule has 0 heterocycles. The molecule has 1 aliphatic carbocycles. The highest BCUT2D eigenvalue weighted by Crippen LogP contribution is 2.23. The van der Waals surface area contributed by atoms with Gasteiger partial charge in [-0.25, -0.2) is 0 Å². The molecule has 1 aromatic carbocycles. The van der Waals surface area contributed by atoms with Gasteiger partial charge in [0, 0.05) is 6.42 Å². The Labute approximate surface area is 92.6 Å². The fourth-order valence-corrected chi connectivity index (χ4v) is 1.84. The zero-order chi connectivity index (χ0) is 11.0. The number of carbonyl (C=O) groups excluding carboxylic acids is 2. The molecule has 0 fully saturated rings. The average Bonchev–Trinajstić information content (AvgIpc) is 2.17. The molecule has 0 amide bonds. The van der Waals surface area contributed by atoms with Crippen LogP contribution in [0.5, 0.6) is 0 Å². The maximum absolute atomic E-state index is 11.5. The molecule has 15 heavy (non-hydrogen) atoms. The van der Waals surface area contributed by atoms with Crippen molar-refractivity contribution in [3.05, 3.63) is 40.5 Å². The quantitative estimate of drug-likeness (QED) is 0.538. The zero-order valence-corrected chi connectivity index (χ0v) is 8.97. The molecule has 0 atom stereocenters. The van der Waals surface area contributed by atoms with Crippen LogP contribution in [-0.2, 0) is 16.0 Å². The third-order valence-corrected chi connectivity index (χ3v) is 2.67. The minimum absolute atomic E-state index is 0.0924. The largest absolute Gasteiger partial charge is 0.294 e.